The maximum atomic E-state index is 13.0. The van der Waals surface area contributed by atoms with Gasteiger partial charge in [-0.05, 0) is 24.6 Å². The van der Waals surface area contributed by atoms with Gasteiger partial charge in [0.1, 0.15) is 5.82 Å². The second-order valence-electron chi connectivity index (χ2n) is 5.73. The molecule has 0 fully saturated rings. The van der Waals surface area contributed by atoms with Crippen molar-refractivity contribution in [2.75, 3.05) is 0 Å². The Kier molecular flexibility index (Phi) is 4.19. The van der Waals surface area contributed by atoms with Gasteiger partial charge in [-0.1, -0.05) is 37.7 Å². The number of imidazole rings is 1. The number of hydrogen-bond acceptors (Lipinski definition) is 1. The van der Waals surface area contributed by atoms with Gasteiger partial charge in [0.25, 0.3) is 0 Å². The highest BCUT2D eigenvalue weighted by Gasteiger charge is 2.31. The molecule has 0 N–H and O–H groups in total. The molecule has 1 aromatic carbocycles. The predicted octanol–water partition coefficient (Wildman–Crippen LogP) is 4.00. The third-order valence-electron chi connectivity index (χ3n) is 3.75. The third kappa shape index (κ3) is 3.32. The maximum absolute atomic E-state index is 13.0. The Morgan fingerprint density at radius 1 is 1.26 bits per heavy atom. The molecule has 0 spiro atoms. The maximum Gasteiger partial charge on any atom is 0.123 e. The summed E-state index contributed by atoms with van der Waals surface area (Å²) in [6, 6.07) is 7.98. The Morgan fingerprint density at radius 3 is 2.47 bits per heavy atom. The topological polar surface area (TPSA) is 17.8 Å². The molecular formula is C15H21FN2Si. The number of aromatic nitrogens is 2. The van der Waals surface area contributed by atoms with Gasteiger partial charge in [-0.2, -0.15) is 0 Å². The van der Waals surface area contributed by atoms with Crippen molar-refractivity contribution >= 4 is 8.07 Å². The first-order chi connectivity index (χ1) is 9.03. The molecule has 0 saturated carbocycles. The molecule has 4 heteroatoms. The molecular weight excluding hydrogens is 255 g/mol. The van der Waals surface area contributed by atoms with Crippen molar-refractivity contribution in [2.24, 2.45) is 0 Å². The summed E-state index contributed by atoms with van der Waals surface area (Å²) in [4.78, 5) is 4.16. The SMILES string of the molecule is CCC(n1ccnc1)[Si](C)(C)Cc1ccc(F)cc1. The van der Waals surface area contributed by atoms with Crippen molar-refractivity contribution in [3.05, 3.63) is 54.4 Å². The third-order valence-corrected chi connectivity index (χ3v) is 7.58. The molecule has 0 aliphatic carbocycles. The number of halogens is 1. The van der Waals surface area contributed by atoms with Gasteiger partial charge in [0.05, 0.1) is 14.4 Å². The second kappa shape index (κ2) is 5.69. The Hall–Kier alpha value is -1.42. The van der Waals surface area contributed by atoms with Gasteiger partial charge in [0.2, 0.25) is 0 Å². The Balaban J connectivity index is 2.18. The van der Waals surface area contributed by atoms with Crippen LogP contribution in [0.5, 0.6) is 0 Å². The van der Waals surface area contributed by atoms with Gasteiger partial charge < -0.3 is 4.57 Å². The summed E-state index contributed by atoms with van der Waals surface area (Å²) < 4.78 is 15.2. The van der Waals surface area contributed by atoms with Crippen molar-refractivity contribution in [2.45, 2.75) is 38.1 Å². The number of benzene rings is 1. The van der Waals surface area contributed by atoms with E-state index >= 15 is 0 Å². The molecule has 2 nitrogen and oxygen atoms in total. The largest absolute Gasteiger partial charge is 0.337 e. The number of nitrogens with zero attached hydrogens (tertiary/aromatic N) is 2. The van der Waals surface area contributed by atoms with E-state index < -0.39 is 8.07 Å². The summed E-state index contributed by atoms with van der Waals surface area (Å²) in [6.45, 7) is 7.01. The van der Waals surface area contributed by atoms with Crippen LogP contribution in [0.15, 0.2) is 43.0 Å². The zero-order chi connectivity index (χ0) is 13.9. The highest BCUT2D eigenvalue weighted by atomic mass is 28.3. The fourth-order valence-electron chi connectivity index (χ4n) is 2.87. The normalized spacial score (nSPS) is 13.5. The van der Waals surface area contributed by atoms with Gasteiger partial charge in [-0.25, -0.2) is 9.37 Å². The van der Waals surface area contributed by atoms with E-state index in [4.69, 9.17) is 0 Å². The highest BCUT2D eigenvalue weighted by molar-refractivity contribution is 6.77. The van der Waals surface area contributed by atoms with Gasteiger partial charge in [-0.15, -0.1) is 0 Å². The van der Waals surface area contributed by atoms with Crippen LogP contribution in [0.4, 0.5) is 4.39 Å². The van der Waals surface area contributed by atoms with Crippen molar-refractivity contribution in [3.63, 3.8) is 0 Å². The lowest BCUT2D eigenvalue weighted by Crippen LogP contribution is -2.40. The van der Waals surface area contributed by atoms with E-state index in [1.807, 2.05) is 30.9 Å². The summed E-state index contributed by atoms with van der Waals surface area (Å²) in [7, 11) is -1.50. The summed E-state index contributed by atoms with van der Waals surface area (Å²) >= 11 is 0. The summed E-state index contributed by atoms with van der Waals surface area (Å²) in [6.07, 6.45) is 6.91. The fraction of sp³-hybridized carbons (Fsp3) is 0.400. The van der Waals surface area contributed by atoms with Gasteiger partial charge in [-0.3, -0.25) is 0 Å². The van der Waals surface area contributed by atoms with E-state index in [1.165, 1.54) is 5.56 Å². The molecule has 19 heavy (non-hydrogen) atoms. The number of rotatable bonds is 5. The van der Waals surface area contributed by atoms with Crippen LogP contribution in [0.1, 0.15) is 24.6 Å². The second-order valence-corrected chi connectivity index (χ2v) is 10.7. The van der Waals surface area contributed by atoms with Crippen molar-refractivity contribution < 1.29 is 4.39 Å². The molecule has 1 aromatic heterocycles. The first-order valence-electron chi connectivity index (χ1n) is 6.75. The van der Waals surface area contributed by atoms with Crippen LogP contribution in [-0.2, 0) is 6.04 Å². The molecule has 0 radical (unpaired) electrons. The Bertz CT molecular complexity index is 505. The zero-order valence-corrected chi connectivity index (χ0v) is 12.8. The predicted molar refractivity (Wildman–Crippen MR) is 79.1 cm³/mol. The van der Waals surface area contributed by atoms with Crippen molar-refractivity contribution in [1.29, 1.82) is 0 Å². The van der Waals surface area contributed by atoms with Crippen molar-refractivity contribution in [1.82, 2.24) is 9.55 Å². The fourth-order valence-corrected chi connectivity index (χ4v) is 6.46. The van der Waals surface area contributed by atoms with E-state index in [-0.39, 0.29) is 5.82 Å². The molecule has 0 aliphatic rings. The Morgan fingerprint density at radius 2 is 1.95 bits per heavy atom. The minimum atomic E-state index is -1.50. The smallest absolute Gasteiger partial charge is 0.123 e. The molecule has 2 rings (SSSR count). The van der Waals surface area contributed by atoms with Gasteiger partial charge >= 0.3 is 0 Å². The van der Waals surface area contributed by atoms with Crippen LogP contribution in [-0.4, -0.2) is 17.6 Å². The summed E-state index contributed by atoms with van der Waals surface area (Å²) in [5.41, 5.74) is 1.76. The minimum absolute atomic E-state index is 0.162. The van der Waals surface area contributed by atoms with Crippen molar-refractivity contribution in [3.8, 4) is 0 Å². The van der Waals surface area contributed by atoms with Crippen LogP contribution in [0.25, 0.3) is 0 Å². The summed E-state index contributed by atoms with van der Waals surface area (Å²) in [5.74, 6) is -0.162. The molecule has 0 aliphatic heterocycles. The molecule has 1 heterocycles. The van der Waals surface area contributed by atoms with E-state index in [9.17, 15) is 4.39 Å². The van der Waals surface area contributed by atoms with Crippen LogP contribution in [0, 0.1) is 5.82 Å². The lowest BCUT2D eigenvalue weighted by Gasteiger charge is -2.33. The van der Waals surface area contributed by atoms with E-state index in [0.717, 1.165) is 12.5 Å². The average Bonchev–Trinajstić information content (AvgIpc) is 2.86. The molecule has 1 atom stereocenters. The van der Waals surface area contributed by atoms with Crippen LogP contribution >= 0.6 is 0 Å². The highest BCUT2D eigenvalue weighted by Crippen LogP contribution is 2.27. The molecule has 1 unspecified atom stereocenters. The van der Waals surface area contributed by atoms with E-state index in [2.05, 4.69) is 29.6 Å². The molecule has 0 bridgehead atoms. The van der Waals surface area contributed by atoms with E-state index in [0.29, 0.717) is 5.67 Å². The Labute approximate surface area is 115 Å². The molecule has 2 aromatic rings. The zero-order valence-electron chi connectivity index (χ0n) is 11.8. The van der Waals surface area contributed by atoms with Gasteiger partial charge in [0.15, 0.2) is 0 Å². The molecule has 102 valence electrons. The monoisotopic (exact) mass is 276 g/mol. The summed E-state index contributed by atoms with van der Waals surface area (Å²) in [5, 5.41) is 0. The first-order valence-corrected chi connectivity index (χ1v) is 10.0. The average molecular weight is 276 g/mol. The molecule has 0 saturated heterocycles. The standard InChI is InChI=1S/C15H21FN2Si/c1-4-15(18-10-9-17-12-18)19(2,3)11-13-5-7-14(16)8-6-13/h5-10,12,15H,4,11H2,1-3H3. The lowest BCUT2D eigenvalue weighted by molar-refractivity contribution is 0.613. The van der Waals surface area contributed by atoms with E-state index in [1.54, 1.807) is 12.1 Å². The van der Waals surface area contributed by atoms with Crippen LogP contribution < -0.4 is 0 Å². The quantitative estimate of drug-likeness (QED) is 0.755. The van der Waals surface area contributed by atoms with Gasteiger partial charge in [0, 0.05) is 18.1 Å². The lowest BCUT2D eigenvalue weighted by atomic mass is 10.2. The molecule has 0 amide bonds. The number of hydrogen-bond donors (Lipinski definition) is 0. The van der Waals surface area contributed by atoms with Crippen LogP contribution in [0.2, 0.25) is 13.1 Å². The minimum Gasteiger partial charge on any atom is -0.337 e. The van der Waals surface area contributed by atoms with Crippen LogP contribution in [0.3, 0.4) is 0 Å². The first kappa shape index (κ1) is 14.0.